The zero-order valence-corrected chi connectivity index (χ0v) is 40.0. The van der Waals surface area contributed by atoms with E-state index in [9.17, 15) is 25.6 Å². The molecule has 0 aliphatic heterocycles. The van der Waals surface area contributed by atoms with Crippen molar-refractivity contribution in [2.24, 2.45) is 0 Å². The fourth-order valence-corrected chi connectivity index (χ4v) is 9.28. The zero-order chi connectivity index (χ0) is 50.0. The van der Waals surface area contributed by atoms with E-state index in [-0.39, 0.29) is 59.4 Å². The number of methoxy groups -OCH3 is 4. The van der Waals surface area contributed by atoms with Gasteiger partial charge in [0.15, 0.2) is 54.6 Å². The van der Waals surface area contributed by atoms with Crippen LogP contribution in [0, 0.1) is 11.6 Å². The van der Waals surface area contributed by atoms with Gasteiger partial charge in [0, 0.05) is 37.6 Å². The van der Waals surface area contributed by atoms with Gasteiger partial charge in [0.2, 0.25) is 11.6 Å². The Morgan fingerprint density at radius 1 is 0.486 bits per heavy atom. The third-order valence-electron chi connectivity index (χ3n) is 10.4. The van der Waals surface area contributed by atoms with E-state index in [1.54, 1.807) is 73.3 Å². The summed E-state index contributed by atoms with van der Waals surface area (Å²) in [4.78, 5) is 32.4. The average molecular weight is 999 g/mol. The average Bonchev–Trinajstić information content (AvgIpc) is 3.98. The lowest BCUT2D eigenvalue weighted by Crippen LogP contribution is -2.24. The molecule has 0 aliphatic rings. The van der Waals surface area contributed by atoms with Gasteiger partial charge in [0.25, 0.3) is 0 Å². The summed E-state index contributed by atoms with van der Waals surface area (Å²) in [6, 6.07) is 13.6. The third kappa shape index (κ3) is 11.3. The maximum atomic E-state index is 13.3. The number of sulfone groups is 2. The van der Waals surface area contributed by atoms with Crippen LogP contribution in [-0.4, -0.2) is 125 Å². The van der Waals surface area contributed by atoms with Crippen molar-refractivity contribution in [1.29, 1.82) is 0 Å². The molecule has 6 heterocycles. The molecular formula is C44H44F2N14O8S2. The van der Waals surface area contributed by atoms with E-state index in [0.717, 1.165) is 24.8 Å². The largest absolute Gasteiger partial charge is 0.494 e. The summed E-state index contributed by atoms with van der Waals surface area (Å²) in [7, 11) is -1.60. The van der Waals surface area contributed by atoms with Gasteiger partial charge in [-0.25, -0.2) is 65.5 Å². The number of nitrogens with zero attached hydrogens (tertiary/aromatic N) is 14. The number of hydrogen-bond acceptors (Lipinski definition) is 20. The minimum absolute atomic E-state index is 0.00336. The van der Waals surface area contributed by atoms with E-state index in [4.69, 9.17) is 18.9 Å². The van der Waals surface area contributed by atoms with Gasteiger partial charge in [-0.1, -0.05) is 12.1 Å². The number of ether oxygens (including phenoxy) is 4. The summed E-state index contributed by atoms with van der Waals surface area (Å²) in [5.74, 6) is 1.09. The molecule has 364 valence electrons. The Morgan fingerprint density at radius 2 is 0.800 bits per heavy atom. The smallest absolute Gasteiger partial charge is 0.206 e. The highest BCUT2D eigenvalue weighted by Gasteiger charge is 2.32. The third-order valence-corrected chi connectivity index (χ3v) is 14.5. The van der Waals surface area contributed by atoms with E-state index in [2.05, 4.69) is 60.3 Å². The number of hydrogen-bond donors (Lipinski definition) is 0. The van der Waals surface area contributed by atoms with Crippen LogP contribution in [0.1, 0.15) is 37.1 Å². The predicted molar refractivity (Wildman–Crippen MR) is 247 cm³/mol. The van der Waals surface area contributed by atoms with Gasteiger partial charge in [0.1, 0.15) is 57.5 Å². The topological polar surface area (TPSA) is 270 Å². The molecule has 0 radical (unpaired) electrons. The SMILES string of the molecule is COc1cccc(OC)c1-n1c(CS(=O)(=O)[C@@H](C)Cc2ncc(F)cn2)nnc1-c1ncccn1.COc1cccc(OC)c1-n1c(CS(=O)(=O)[C@H](C)Cc2ncc(F)cn2)nnc1-c1ncccn1. The van der Waals surface area contributed by atoms with Crippen LogP contribution in [0.3, 0.4) is 0 Å². The van der Waals surface area contributed by atoms with Crippen molar-refractivity contribution in [3.63, 3.8) is 0 Å². The normalized spacial score (nSPS) is 12.3. The monoisotopic (exact) mass is 998 g/mol. The van der Waals surface area contributed by atoms with Gasteiger partial charge in [-0.05, 0) is 50.2 Å². The quantitative estimate of drug-likeness (QED) is 0.115. The summed E-state index contributed by atoms with van der Waals surface area (Å²) >= 11 is 0. The highest BCUT2D eigenvalue weighted by molar-refractivity contribution is 7.91. The second kappa shape index (κ2) is 22.0. The minimum Gasteiger partial charge on any atom is -0.494 e. The first kappa shape index (κ1) is 49.9. The molecule has 0 spiro atoms. The van der Waals surface area contributed by atoms with Crippen molar-refractivity contribution < 1.29 is 44.6 Å². The molecule has 0 aliphatic carbocycles. The summed E-state index contributed by atoms with van der Waals surface area (Å²) in [6.45, 7) is 3.07. The molecule has 8 aromatic rings. The zero-order valence-electron chi connectivity index (χ0n) is 38.3. The Kier molecular flexibility index (Phi) is 15.7. The lowest BCUT2D eigenvalue weighted by Gasteiger charge is -2.18. The summed E-state index contributed by atoms with van der Waals surface area (Å²) in [5.41, 5.74) is 0.814. The van der Waals surface area contributed by atoms with Crippen molar-refractivity contribution in [3.8, 4) is 57.7 Å². The minimum atomic E-state index is -3.78. The van der Waals surface area contributed by atoms with Crippen LogP contribution in [0.2, 0.25) is 0 Å². The van der Waals surface area contributed by atoms with Crippen LogP contribution in [-0.2, 0) is 44.0 Å². The Bertz CT molecular complexity index is 3000. The standard InChI is InChI=1S/2C22H22FN7O4S/c2*1-14(10-18-26-11-15(23)12-27-18)35(31,32)13-19-28-29-22(21-24-8-5-9-25-21)30(19)20-16(33-2)6-4-7-17(20)34-3/h2*4-9,11-12,14H,10,13H2,1-3H3/t2*14-/m10/s1. The molecule has 6 aromatic heterocycles. The molecular weight excluding hydrogens is 955 g/mol. The van der Waals surface area contributed by atoms with Crippen LogP contribution >= 0.6 is 0 Å². The molecule has 2 atom stereocenters. The first-order valence-corrected chi connectivity index (χ1v) is 24.3. The van der Waals surface area contributed by atoms with Crippen LogP contribution in [0.5, 0.6) is 23.0 Å². The first-order valence-electron chi connectivity index (χ1n) is 20.9. The number of halogens is 2. The van der Waals surface area contributed by atoms with Gasteiger partial charge < -0.3 is 18.9 Å². The maximum absolute atomic E-state index is 13.3. The van der Waals surface area contributed by atoms with Crippen molar-refractivity contribution in [2.45, 2.75) is 48.7 Å². The molecule has 2 aromatic carbocycles. The van der Waals surface area contributed by atoms with E-state index < -0.39 is 53.3 Å². The van der Waals surface area contributed by atoms with Crippen LogP contribution < -0.4 is 18.9 Å². The predicted octanol–water partition coefficient (Wildman–Crippen LogP) is 4.43. The lowest BCUT2D eigenvalue weighted by molar-refractivity contribution is 0.390. The highest BCUT2D eigenvalue weighted by atomic mass is 32.2. The number of para-hydroxylation sites is 2. The van der Waals surface area contributed by atoms with Crippen LogP contribution in [0.15, 0.2) is 98.1 Å². The van der Waals surface area contributed by atoms with Crippen molar-refractivity contribution in [3.05, 3.63) is 133 Å². The van der Waals surface area contributed by atoms with E-state index in [1.165, 1.54) is 51.4 Å². The molecule has 0 N–H and O–H groups in total. The Labute approximate surface area is 400 Å². The van der Waals surface area contributed by atoms with Gasteiger partial charge in [-0.15, -0.1) is 20.4 Å². The van der Waals surface area contributed by atoms with Crippen molar-refractivity contribution in [2.75, 3.05) is 28.4 Å². The Balaban J connectivity index is 0.000000206. The number of rotatable bonds is 18. The molecule has 0 saturated heterocycles. The molecule has 0 fully saturated rings. The summed E-state index contributed by atoms with van der Waals surface area (Å²) in [6.07, 6.45) is 10.2. The van der Waals surface area contributed by atoms with E-state index >= 15 is 0 Å². The lowest BCUT2D eigenvalue weighted by atomic mass is 10.2. The second-order valence-electron chi connectivity index (χ2n) is 15.0. The number of aromatic nitrogens is 14. The molecule has 22 nitrogen and oxygen atoms in total. The first-order chi connectivity index (χ1) is 33.7. The van der Waals surface area contributed by atoms with Crippen molar-refractivity contribution in [1.82, 2.24) is 69.4 Å². The maximum Gasteiger partial charge on any atom is 0.206 e. The van der Waals surface area contributed by atoms with Gasteiger partial charge >= 0.3 is 0 Å². The van der Waals surface area contributed by atoms with Gasteiger partial charge in [0.05, 0.1) is 63.7 Å². The van der Waals surface area contributed by atoms with E-state index in [0.29, 0.717) is 34.4 Å². The van der Waals surface area contributed by atoms with Crippen LogP contribution in [0.4, 0.5) is 8.78 Å². The van der Waals surface area contributed by atoms with Gasteiger partial charge in [-0.3, -0.25) is 9.13 Å². The van der Waals surface area contributed by atoms with E-state index in [1.807, 2.05) is 0 Å². The molecule has 0 saturated carbocycles. The molecule has 0 bridgehead atoms. The second-order valence-corrected chi connectivity index (χ2v) is 19.8. The fraction of sp³-hybridized carbons (Fsp3) is 0.273. The molecule has 0 amide bonds. The van der Waals surface area contributed by atoms with Crippen LogP contribution in [0.25, 0.3) is 34.7 Å². The fourth-order valence-electron chi connectivity index (χ4n) is 6.81. The molecule has 70 heavy (non-hydrogen) atoms. The summed E-state index contributed by atoms with van der Waals surface area (Å²) < 4.78 is 105. The summed E-state index contributed by atoms with van der Waals surface area (Å²) in [5, 5.41) is 15.0. The highest BCUT2D eigenvalue weighted by Crippen LogP contribution is 2.38. The molecule has 8 rings (SSSR count). The van der Waals surface area contributed by atoms with Gasteiger partial charge in [-0.2, -0.15) is 0 Å². The Morgan fingerprint density at radius 3 is 1.10 bits per heavy atom. The molecule has 26 heteroatoms. The van der Waals surface area contributed by atoms with Crippen molar-refractivity contribution >= 4 is 19.7 Å². The molecule has 0 unspecified atom stereocenters. The number of benzene rings is 2. The Hall–Kier alpha value is -8.00.